The van der Waals surface area contributed by atoms with Crippen molar-refractivity contribution < 1.29 is 14.2 Å². The van der Waals surface area contributed by atoms with E-state index in [2.05, 4.69) is 42.7 Å². The van der Waals surface area contributed by atoms with E-state index in [1.165, 1.54) is 11.1 Å². The van der Waals surface area contributed by atoms with Gasteiger partial charge in [-0.15, -0.1) is 24.0 Å². The van der Waals surface area contributed by atoms with Crippen LogP contribution in [0.15, 0.2) is 28.8 Å². The second-order valence-electron chi connectivity index (χ2n) is 7.19. The topological polar surface area (TPSA) is 64.1 Å². The maximum absolute atomic E-state index is 5.92. The Hall–Kier alpha value is -1.48. The number of hydrogen-bond acceptors (Lipinski definition) is 4. The van der Waals surface area contributed by atoms with E-state index in [1.807, 2.05) is 6.92 Å². The first kappa shape index (κ1) is 23.8. The normalized spacial score (nSPS) is 18.2. The number of aliphatic imine (C=N–C) groups is 1. The Balaban J connectivity index is 0.00000300. The van der Waals surface area contributed by atoms with Crippen LogP contribution in [0.2, 0.25) is 0 Å². The van der Waals surface area contributed by atoms with Crippen molar-refractivity contribution >= 4 is 29.9 Å². The molecule has 0 radical (unpaired) electrons. The van der Waals surface area contributed by atoms with E-state index in [-0.39, 0.29) is 30.1 Å². The molecule has 2 N–H and O–H groups in total. The van der Waals surface area contributed by atoms with Gasteiger partial charge in [-0.1, -0.05) is 11.6 Å². The van der Waals surface area contributed by atoms with Gasteiger partial charge in [-0.25, -0.2) is 4.99 Å². The number of hydrogen-bond donors (Lipinski definition) is 2. The van der Waals surface area contributed by atoms with E-state index in [0.717, 1.165) is 68.6 Å². The standard InChI is InChI=1S/C22H33N3O3.HI/c1-4-23-22(24-9-6-17-7-10-26-11-8-17)25-15-19-14-21-18(12-16(3)28-21)13-20(19)27-5-2;/h7,13-14,16H,4-6,8-12,15H2,1-3H3,(H2,23,24,25);1H. The van der Waals surface area contributed by atoms with Crippen molar-refractivity contribution in [2.45, 2.75) is 52.7 Å². The summed E-state index contributed by atoms with van der Waals surface area (Å²) in [6.07, 6.45) is 5.39. The van der Waals surface area contributed by atoms with E-state index in [4.69, 9.17) is 19.2 Å². The largest absolute Gasteiger partial charge is 0.494 e. The van der Waals surface area contributed by atoms with Crippen LogP contribution >= 0.6 is 24.0 Å². The molecule has 6 nitrogen and oxygen atoms in total. The molecule has 1 aromatic carbocycles. The van der Waals surface area contributed by atoms with E-state index in [9.17, 15) is 0 Å². The molecule has 1 atom stereocenters. The Morgan fingerprint density at radius 1 is 1.28 bits per heavy atom. The molecule has 0 fully saturated rings. The van der Waals surface area contributed by atoms with Gasteiger partial charge in [0.15, 0.2) is 5.96 Å². The lowest BCUT2D eigenvalue weighted by molar-refractivity contribution is 0.153. The lowest BCUT2D eigenvalue weighted by atomic mass is 10.1. The fourth-order valence-corrected chi connectivity index (χ4v) is 3.53. The van der Waals surface area contributed by atoms with Crippen molar-refractivity contribution in [2.75, 3.05) is 32.9 Å². The van der Waals surface area contributed by atoms with Gasteiger partial charge in [0.25, 0.3) is 0 Å². The molecule has 2 aliphatic heterocycles. The van der Waals surface area contributed by atoms with Gasteiger partial charge in [0.05, 0.1) is 26.4 Å². The van der Waals surface area contributed by atoms with E-state index < -0.39 is 0 Å². The smallest absolute Gasteiger partial charge is 0.191 e. The molecule has 1 aromatic rings. The highest BCUT2D eigenvalue weighted by molar-refractivity contribution is 14.0. The first-order valence-electron chi connectivity index (χ1n) is 10.4. The number of halogens is 1. The molecule has 7 heteroatoms. The Labute approximate surface area is 191 Å². The summed E-state index contributed by atoms with van der Waals surface area (Å²) < 4.78 is 17.1. The third-order valence-corrected chi connectivity index (χ3v) is 4.93. The molecule has 0 aliphatic carbocycles. The van der Waals surface area contributed by atoms with Crippen LogP contribution in [0, 0.1) is 0 Å². The Morgan fingerprint density at radius 3 is 2.86 bits per heavy atom. The molecule has 2 aliphatic rings. The molecule has 3 rings (SSSR count). The molecule has 2 heterocycles. The maximum atomic E-state index is 5.92. The van der Waals surface area contributed by atoms with Crippen LogP contribution in [0.1, 0.15) is 44.7 Å². The number of fused-ring (bicyclic) bond motifs is 1. The summed E-state index contributed by atoms with van der Waals surface area (Å²) in [6.45, 7) is 10.6. The van der Waals surface area contributed by atoms with Crippen LogP contribution < -0.4 is 20.1 Å². The van der Waals surface area contributed by atoms with Crippen LogP contribution in [0.5, 0.6) is 11.5 Å². The minimum absolute atomic E-state index is 0. The second kappa shape index (κ2) is 12.3. The van der Waals surface area contributed by atoms with Gasteiger partial charge >= 0.3 is 0 Å². The Morgan fingerprint density at radius 2 is 2.14 bits per heavy atom. The zero-order valence-corrected chi connectivity index (χ0v) is 20.1. The van der Waals surface area contributed by atoms with Crippen molar-refractivity contribution in [3.8, 4) is 11.5 Å². The summed E-state index contributed by atoms with van der Waals surface area (Å²) in [6, 6.07) is 4.20. The zero-order chi connectivity index (χ0) is 19.8. The maximum Gasteiger partial charge on any atom is 0.191 e. The Bertz CT molecular complexity index is 721. The number of rotatable bonds is 8. The monoisotopic (exact) mass is 515 g/mol. The summed E-state index contributed by atoms with van der Waals surface area (Å²) in [5.41, 5.74) is 3.73. The van der Waals surface area contributed by atoms with Gasteiger partial charge in [0.2, 0.25) is 0 Å². The molecule has 0 amide bonds. The number of ether oxygens (including phenoxy) is 3. The van der Waals surface area contributed by atoms with Gasteiger partial charge < -0.3 is 24.8 Å². The molecule has 0 aromatic heterocycles. The average Bonchev–Trinajstić information content (AvgIpc) is 3.06. The van der Waals surface area contributed by atoms with Crippen molar-refractivity contribution in [2.24, 2.45) is 4.99 Å². The van der Waals surface area contributed by atoms with Gasteiger partial charge in [-0.05, 0) is 45.7 Å². The highest BCUT2D eigenvalue weighted by atomic mass is 127. The van der Waals surface area contributed by atoms with Crippen LogP contribution in [0.25, 0.3) is 0 Å². The van der Waals surface area contributed by atoms with E-state index in [1.54, 1.807) is 0 Å². The summed E-state index contributed by atoms with van der Waals surface area (Å²) in [5, 5.41) is 6.76. The van der Waals surface area contributed by atoms with Gasteiger partial charge in [-0.2, -0.15) is 0 Å². The first-order chi connectivity index (χ1) is 13.7. The zero-order valence-electron chi connectivity index (χ0n) is 17.8. The fraction of sp³-hybridized carbons (Fsp3) is 0.591. The summed E-state index contributed by atoms with van der Waals surface area (Å²) >= 11 is 0. The number of guanidine groups is 1. The quantitative estimate of drug-likeness (QED) is 0.239. The summed E-state index contributed by atoms with van der Waals surface area (Å²) in [4.78, 5) is 4.77. The predicted octanol–water partition coefficient (Wildman–Crippen LogP) is 3.82. The van der Waals surface area contributed by atoms with Crippen LogP contribution in [-0.4, -0.2) is 45.0 Å². The van der Waals surface area contributed by atoms with Crippen molar-refractivity contribution in [3.63, 3.8) is 0 Å². The van der Waals surface area contributed by atoms with Gasteiger partial charge in [0, 0.05) is 30.6 Å². The van der Waals surface area contributed by atoms with Gasteiger partial charge in [0.1, 0.15) is 17.6 Å². The van der Waals surface area contributed by atoms with E-state index >= 15 is 0 Å². The minimum atomic E-state index is 0. The first-order valence-corrected chi connectivity index (χ1v) is 10.4. The summed E-state index contributed by atoms with van der Waals surface area (Å²) in [7, 11) is 0. The van der Waals surface area contributed by atoms with Gasteiger partial charge in [-0.3, -0.25) is 0 Å². The number of benzene rings is 1. The third-order valence-electron chi connectivity index (χ3n) is 4.93. The van der Waals surface area contributed by atoms with Crippen molar-refractivity contribution in [1.29, 1.82) is 0 Å². The molecule has 0 bridgehead atoms. The number of nitrogens with zero attached hydrogens (tertiary/aromatic N) is 1. The molecular weight excluding hydrogens is 481 g/mol. The van der Waals surface area contributed by atoms with Crippen molar-refractivity contribution in [1.82, 2.24) is 10.6 Å². The molecule has 1 unspecified atom stereocenters. The average molecular weight is 515 g/mol. The third kappa shape index (κ3) is 7.06. The fourth-order valence-electron chi connectivity index (χ4n) is 3.53. The number of nitrogens with one attached hydrogen (secondary N) is 2. The van der Waals surface area contributed by atoms with Crippen LogP contribution in [-0.2, 0) is 17.7 Å². The molecular formula is C22H34IN3O3. The van der Waals surface area contributed by atoms with Crippen molar-refractivity contribution in [3.05, 3.63) is 34.9 Å². The molecule has 162 valence electrons. The molecule has 0 spiro atoms. The predicted molar refractivity (Wildman–Crippen MR) is 128 cm³/mol. The lowest BCUT2D eigenvalue weighted by Gasteiger charge is -2.16. The van der Waals surface area contributed by atoms with E-state index in [0.29, 0.717) is 13.2 Å². The molecule has 0 saturated heterocycles. The lowest BCUT2D eigenvalue weighted by Crippen LogP contribution is -2.38. The minimum Gasteiger partial charge on any atom is -0.494 e. The van der Waals surface area contributed by atoms with Crippen LogP contribution in [0.4, 0.5) is 0 Å². The highest BCUT2D eigenvalue weighted by Crippen LogP contribution is 2.35. The highest BCUT2D eigenvalue weighted by Gasteiger charge is 2.21. The summed E-state index contributed by atoms with van der Waals surface area (Å²) in [5.74, 6) is 2.70. The second-order valence-corrected chi connectivity index (χ2v) is 7.19. The molecule has 0 saturated carbocycles. The Kier molecular flexibility index (Phi) is 10.1. The molecule has 29 heavy (non-hydrogen) atoms. The SMILES string of the molecule is CCNC(=NCc1cc2c(cc1OCC)CC(C)O2)NCCC1=CCOCC1.I. The van der Waals surface area contributed by atoms with Crippen LogP contribution in [0.3, 0.4) is 0 Å².